The Morgan fingerprint density at radius 3 is 1.65 bits per heavy atom. The van der Waals surface area contributed by atoms with Crippen molar-refractivity contribution in [1.29, 1.82) is 0 Å². The molecule has 0 aliphatic heterocycles. The van der Waals surface area contributed by atoms with Gasteiger partial charge in [-0.3, -0.25) is 9.59 Å². The minimum atomic E-state index is -0.143. The monoisotopic (exact) mass is 352 g/mol. The molecule has 2 aromatic carbocycles. The van der Waals surface area contributed by atoms with Crippen molar-refractivity contribution >= 4 is 22.7 Å². The van der Waals surface area contributed by atoms with E-state index in [1.165, 1.54) is 47.2 Å². The third-order valence-electron chi connectivity index (χ3n) is 6.11. The quantitative estimate of drug-likeness (QED) is 0.780. The summed E-state index contributed by atoms with van der Waals surface area (Å²) in [6.45, 7) is 0. The molecule has 2 unspecified atom stereocenters. The first-order valence-corrected chi connectivity index (χ1v) is 9.33. The SMILES string of the molecule is COC(=O)CC1CCc2c3c(c4ccccc4c21)C(CC(=O)OC)CC3. The molecule has 0 aromatic heterocycles. The van der Waals surface area contributed by atoms with Gasteiger partial charge in [0.25, 0.3) is 0 Å². The van der Waals surface area contributed by atoms with E-state index < -0.39 is 0 Å². The Hall–Kier alpha value is -2.36. The van der Waals surface area contributed by atoms with Crippen molar-refractivity contribution in [3.8, 4) is 0 Å². The summed E-state index contributed by atoms with van der Waals surface area (Å²) in [6, 6.07) is 8.45. The molecule has 0 spiro atoms. The fourth-order valence-corrected chi connectivity index (χ4v) is 5.01. The molecule has 0 saturated heterocycles. The number of benzene rings is 2. The van der Waals surface area contributed by atoms with Crippen LogP contribution in [0.15, 0.2) is 24.3 Å². The number of hydrogen-bond donors (Lipinski definition) is 0. The molecule has 0 saturated carbocycles. The molecule has 0 amide bonds. The van der Waals surface area contributed by atoms with Gasteiger partial charge in [-0.2, -0.15) is 0 Å². The molecule has 136 valence electrons. The molecule has 0 radical (unpaired) electrons. The fourth-order valence-electron chi connectivity index (χ4n) is 5.01. The number of rotatable bonds is 4. The Bertz CT molecular complexity index is 811. The zero-order valence-corrected chi connectivity index (χ0v) is 15.3. The van der Waals surface area contributed by atoms with E-state index in [2.05, 4.69) is 24.3 Å². The van der Waals surface area contributed by atoms with E-state index in [0.717, 1.165) is 25.7 Å². The van der Waals surface area contributed by atoms with E-state index in [-0.39, 0.29) is 23.8 Å². The molecule has 4 heteroatoms. The molecule has 2 aliphatic carbocycles. The van der Waals surface area contributed by atoms with Crippen molar-refractivity contribution in [2.75, 3.05) is 14.2 Å². The van der Waals surface area contributed by atoms with Gasteiger partial charge < -0.3 is 9.47 Å². The molecule has 0 heterocycles. The van der Waals surface area contributed by atoms with Gasteiger partial charge in [-0.05, 0) is 70.5 Å². The van der Waals surface area contributed by atoms with Crippen LogP contribution >= 0.6 is 0 Å². The van der Waals surface area contributed by atoms with Gasteiger partial charge in [0, 0.05) is 0 Å². The van der Waals surface area contributed by atoms with Crippen LogP contribution in [0.3, 0.4) is 0 Å². The Labute approximate surface area is 153 Å². The minimum Gasteiger partial charge on any atom is -0.469 e. The maximum Gasteiger partial charge on any atom is 0.306 e. The lowest BCUT2D eigenvalue weighted by Crippen LogP contribution is -2.09. The van der Waals surface area contributed by atoms with E-state index in [0.29, 0.717) is 12.8 Å². The highest BCUT2D eigenvalue weighted by atomic mass is 16.5. The largest absolute Gasteiger partial charge is 0.469 e. The summed E-state index contributed by atoms with van der Waals surface area (Å²) in [6.07, 6.45) is 4.89. The first kappa shape index (κ1) is 17.1. The van der Waals surface area contributed by atoms with E-state index >= 15 is 0 Å². The average Bonchev–Trinajstić information content (AvgIpc) is 3.26. The number of ether oxygens (including phenoxy) is 2. The summed E-state index contributed by atoms with van der Waals surface area (Å²) in [5, 5.41) is 2.48. The topological polar surface area (TPSA) is 52.6 Å². The van der Waals surface area contributed by atoms with E-state index in [1.807, 2.05) is 0 Å². The standard InChI is InChI=1S/C22H24O4/c1-25-19(23)11-13-7-9-17-18-10-8-14(12-20(24)26-2)22(18)16-6-4-3-5-15(16)21(13)17/h3-6,13-14H,7-12H2,1-2H3. The maximum atomic E-state index is 11.9. The minimum absolute atomic E-state index is 0.143. The molecule has 4 nitrogen and oxygen atoms in total. The van der Waals surface area contributed by atoms with Crippen molar-refractivity contribution in [3.63, 3.8) is 0 Å². The third kappa shape index (κ3) is 2.68. The highest BCUT2D eigenvalue weighted by Gasteiger charge is 2.35. The van der Waals surface area contributed by atoms with E-state index in [9.17, 15) is 9.59 Å². The van der Waals surface area contributed by atoms with Gasteiger partial charge in [-0.1, -0.05) is 24.3 Å². The van der Waals surface area contributed by atoms with Crippen LogP contribution in [-0.4, -0.2) is 26.2 Å². The number of esters is 2. The number of fused-ring (bicyclic) bond motifs is 6. The Morgan fingerprint density at radius 2 is 1.27 bits per heavy atom. The van der Waals surface area contributed by atoms with Crippen molar-refractivity contribution in [1.82, 2.24) is 0 Å². The molecule has 4 rings (SSSR count). The summed E-state index contributed by atoms with van der Waals surface area (Å²) in [7, 11) is 2.91. The second kappa shape index (κ2) is 6.75. The van der Waals surface area contributed by atoms with Crippen molar-refractivity contribution in [2.24, 2.45) is 0 Å². The predicted molar refractivity (Wildman–Crippen MR) is 99.3 cm³/mol. The highest BCUT2D eigenvalue weighted by molar-refractivity contribution is 5.94. The zero-order chi connectivity index (χ0) is 18.3. The van der Waals surface area contributed by atoms with Gasteiger partial charge in [0.05, 0.1) is 27.1 Å². The van der Waals surface area contributed by atoms with Gasteiger partial charge in [0.1, 0.15) is 0 Å². The first-order chi connectivity index (χ1) is 12.6. The molecular formula is C22H24O4. The second-order valence-corrected chi connectivity index (χ2v) is 7.36. The Kier molecular flexibility index (Phi) is 4.43. The van der Waals surface area contributed by atoms with Gasteiger partial charge in [-0.25, -0.2) is 0 Å². The van der Waals surface area contributed by atoms with Crippen LogP contribution in [0.1, 0.15) is 59.8 Å². The van der Waals surface area contributed by atoms with Crippen molar-refractivity contribution < 1.29 is 19.1 Å². The molecular weight excluding hydrogens is 328 g/mol. The first-order valence-electron chi connectivity index (χ1n) is 9.33. The summed E-state index contributed by atoms with van der Waals surface area (Å²) in [5.41, 5.74) is 5.51. The molecule has 0 bridgehead atoms. The van der Waals surface area contributed by atoms with Crippen LogP contribution in [-0.2, 0) is 31.9 Å². The van der Waals surface area contributed by atoms with Gasteiger partial charge in [-0.15, -0.1) is 0 Å². The summed E-state index contributed by atoms with van der Waals surface area (Å²) >= 11 is 0. The van der Waals surface area contributed by atoms with Crippen molar-refractivity contribution in [3.05, 3.63) is 46.5 Å². The molecule has 26 heavy (non-hydrogen) atoms. The summed E-state index contributed by atoms with van der Waals surface area (Å²) in [5.74, 6) is 0.173. The van der Waals surface area contributed by atoms with E-state index in [1.54, 1.807) is 0 Å². The van der Waals surface area contributed by atoms with Crippen LogP contribution in [0.5, 0.6) is 0 Å². The Morgan fingerprint density at radius 1 is 0.846 bits per heavy atom. The predicted octanol–water partition coefficient (Wildman–Crippen LogP) is 4.03. The van der Waals surface area contributed by atoms with Crippen molar-refractivity contribution in [2.45, 2.75) is 50.4 Å². The average molecular weight is 352 g/mol. The lowest BCUT2D eigenvalue weighted by molar-refractivity contribution is -0.142. The fraction of sp³-hybridized carbons (Fsp3) is 0.455. The molecule has 2 aliphatic rings. The van der Waals surface area contributed by atoms with Gasteiger partial charge in [0.15, 0.2) is 0 Å². The number of hydrogen-bond acceptors (Lipinski definition) is 4. The van der Waals surface area contributed by atoms with Crippen LogP contribution in [0.25, 0.3) is 10.8 Å². The van der Waals surface area contributed by atoms with Crippen LogP contribution in [0, 0.1) is 0 Å². The normalized spacial score (nSPS) is 20.7. The highest BCUT2D eigenvalue weighted by Crippen LogP contribution is 2.50. The Balaban J connectivity index is 1.85. The van der Waals surface area contributed by atoms with Crippen LogP contribution in [0.4, 0.5) is 0 Å². The molecule has 2 atom stereocenters. The summed E-state index contributed by atoms with van der Waals surface area (Å²) in [4.78, 5) is 23.8. The smallest absolute Gasteiger partial charge is 0.306 e. The molecule has 2 aromatic rings. The van der Waals surface area contributed by atoms with Crippen LogP contribution in [0.2, 0.25) is 0 Å². The zero-order valence-electron chi connectivity index (χ0n) is 15.3. The number of carbonyl (C=O) groups excluding carboxylic acids is 2. The van der Waals surface area contributed by atoms with Gasteiger partial charge >= 0.3 is 11.9 Å². The summed E-state index contributed by atoms with van der Waals surface area (Å²) < 4.78 is 9.83. The molecule has 0 fully saturated rings. The lowest BCUT2D eigenvalue weighted by Gasteiger charge is -2.19. The van der Waals surface area contributed by atoms with Gasteiger partial charge in [0.2, 0.25) is 0 Å². The van der Waals surface area contributed by atoms with E-state index in [4.69, 9.17) is 9.47 Å². The van der Waals surface area contributed by atoms with Crippen LogP contribution < -0.4 is 0 Å². The molecule has 0 N–H and O–H groups in total. The number of carbonyl (C=O) groups is 2. The maximum absolute atomic E-state index is 11.9. The second-order valence-electron chi connectivity index (χ2n) is 7.36. The lowest BCUT2D eigenvalue weighted by atomic mass is 9.85. The number of methoxy groups -OCH3 is 2. The third-order valence-corrected chi connectivity index (χ3v) is 6.11.